The van der Waals surface area contributed by atoms with Crippen molar-refractivity contribution in [3.8, 4) is 34.5 Å². The highest BCUT2D eigenvalue weighted by molar-refractivity contribution is 5.77. The minimum absolute atomic E-state index is 0.00476. The molecule has 4 rings (SSSR count). The van der Waals surface area contributed by atoms with E-state index in [1.54, 1.807) is 18.2 Å². The molecule has 10 nitrogen and oxygen atoms in total. The molecule has 0 aliphatic carbocycles. The van der Waals surface area contributed by atoms with E-state index in [-0.39, 0.29) is 24.0 Å². The molecular formula is C21H22O10. The number of carboxylic acids is 1. The summed E-state index contributed by atoms with van der Waals surface area (Å²) in [6.45, 7) is -0.959. The van der Waals surface area contributed by atoms with Gasteiger partial charge in [0.2, 0.25) is 18.3 Å². The van der Waals surface area contributed by atoms with Crippen LogP contribution in [0.5, 0.6) is 34.5 Å². The standard InChI is InChI=1S/C21H22O10/c1-26-12-5-4-10(18(27-2)19(12)28-3)16-11-6-14-15(30-9-29-14)7-13(11)31-21(25,8-22)17(16)20(23)24/h4-7,16-17,22,25H,8-9H2,1-3H3,(H,23,24)/t16-,17+,21-/m1/s1. The van der Waals surface area contributed by atoms with Crippen LogP contribution in [0, 0.1) is 5.92 Å². The second-order valence-electron chi connectivity index (χ2n) is 7.07. The van der Waals surface area contributed by atoms with Gasteiger partial charge < -0.3 is 43.7 Å². The molecule has 0 fully saturated rings. The number of rotatable bonds is 6. The Morgan fingerprint density at radius 2 is 1.71 bits per heavy atom. The summed E-state index contributed by atoms with van der Waals surface area (Å²) in [6.07, 6.45) is 0. The Kier molecular flexibility index (Phi) is 5.19. The minimum atomic E-state index is -2.41. The highest BCUT2D eigenvalue weighted by Crippen LogP contribution is 2.55. The number of carbonyl (C=O) groups is 1. The zero-order chi connectivity index (χ0) is 22.3. The summed E-state index contributed by atoms with van der Waals surface area (Å²) in [7, 11) is 4.31. The predicted octanol–water partition coefficient (Wildman–Crippen LogP) is 1.35. The number of methoxy groups -OCH3 is 3. The summed E-state index contributed by atoms with van der Waals surface area (Å²) in [5.74, 6) is -4.56. The molecular weight excluding hydrogens is 412 g/mol. The lowest BCUT2D eigenvalue weighted by atomic mass is 9.73. The number of aliphatic carboxylic acids is 1. The van der Waals surface area contributed by atoms with E-state index in [1.165, 1.54) is 27.4 Å². The van der Waals surface area contributed by atoms with Gasteiger partial charge in [-0.25, -0.2) is 0 Å². The van der Waals surface area contributed by atoms with Crippen LogP contribution in [0.1, 0.15) is 17.0 Å². The Morgan fingerprint density at radius 3 is 2.29 bits per heavy atom. The van der Waals surface area contributed by atoms with Crippen molar-refractivity contribution in [3.63, 3.8) is 0 Å². The number of fused-ring (bicyclic) bond motifs is 2. The SMILES string of the molecule is COc1ccc([C@@H]2c3cc4c(cc3O[C@](O)(CO)[C@@H]2C(=O)O)OCO4)c(OC)c1OC. The van der Waals surface area contributed by atoms with Crippen molar-refractivity contribution >= 4 is 5.97 Å². The van der Waals surface area contributed by atoms with Gasteiger partial charge in [0.25, 0.3) is 0 Å². The van der Waals surface area contributed by atoms with Crippen molar-refractivity contribution in [1.29, 1.82) is 0 Å². The molecule has 0 saturated carbocycles. The van der Waals surface area contributed by atoms with Crippen molar-refractivity contribution in [1.82, 2.24) is 0 Å². The third kappa shape index (κ3) is 3.15. The Labute approximate surface area is 177 Å². The van der Waals surface area contributed by atoms with E-state index in [1.807, 2.05) is 0 Å². The second kappa shape index (κ2) is 7.71. The Hall–Kier alpha value is -3.37. The topological polar surface area (TPSA) is 133 Å². The zero-order valence-corrected chi connectivity index (χ0v) is 17.1. The van der Waals surface area contributed by atoms with Gasteiger partial charge in [0, 0.05) is 23.1 Å². The maximum Gasteiger partial charge on any atom is 0.314 e. The first kappa shape index (κ1) is 20.9. The summed E-state index contributed by atoms with van der Waals surface area (Å²) in [5.41, 5.74) is 0.808. The van der Waals surface area contributed by atoms with Crippen LogP contribution in [-0.2, 0) is 4.79 Å². The van der Waals surface area contributed by atoms with Gasteiger partial charge in [-0.05, 0) is 12.1 Å². The summed E-state index contributed by atoms with van der Waals surface area (Å²) < 4.78 is 32.7. The Balaban J connectivity index is 2.02. The van der Waals surface area contributed by atoms with Gasteiger partial charge in [0.15, 0.2) is 23.0 Å². The van der Waals surface area contributed by atoms with Gasteiger partial charge in [-0.3, -0.25) is 4.79 Å². The third-order valence-electron chi connectivity index (χ3n) is 5.51. The first-order valence-electron chi connectivity index (χ1n) is 9.36. The van der Waals surface area contributed by atoms with E-state index in [2.05, 4.69) is 0 Å². The second-order valence-corrected chi connectivity index (χ2v) is 7.07. The molecule has 0 radical (unpaired) electrons. The van der Waals surface area contributed by atoms with Crippen molar-refractivity contribution in [2.24, 2.45) is 5.92 Å². The molecule has 3 atom stereocenters. The number of hydrogen-bond donors (Lipinski definition) is 3. The number of ether oxygens (including phenoxy) is 6. The van der Waals surface area contributed by atoms with Crippen molar-refractivity contribution in [2.75, 3.05) is 34.7 Å². The fourth-order valence-corrected chi connectivity index (χ4v) is 4.15. The molecule has 3 N–H and O–H groups in total. The van der Waals surface area contributed by atoms with E-state index in [0.29, 0.717) is 28.4 Å². The average Bonchev–Trinajstić information content (AvgIpc) is 3.22. The number of carboxylic acid groups (broad SMARTS) is 1. The maximum atomic E-state index is 12.3. The average molecular weight is 434 g/mol. The van der Waals surface area contributed by atoms with E-state index >= 15 is 0 Å². The predicted molar refractivity (Wildman–Crippen MR) is 104 cm³/mol. The van der Waals surface area contributed by atoms with Crippen molar-refractivity contribution in [2.45, 2.75) is 11.7 Å². The molecule has 2 aromatic carbocycles. The molecule has 0 bridgehead atoms. The molecule has 2 aliphatic heterocycles. The largest absolute Gasteiger partial charge is 0.493 e. The van der Waals surface area contributed by atoms with Gasteiger partial charge >= 0.3 is 5.97 Å². The molecule has 2 aliphatic rings. The molecule has 2 aromatic rings. The van der Waals surface area contributed by atoms with E-state index in [4.69, 9.17) is 28.4 Å². The number of aliphatic hydroxyl groups excluding tert-OH is 1. The van der Waals surface area contributed by atoms with E-state index in [0.717, 1.165) is 0 Å². The lowest BCUT2D eigenvalue weighted by Crippen LogP contribution is -2.55. The number of hydrogen-bond acceptors (Lipinski definition) is 9. The van der Waals surface area contributed by atoms with Crippen LogP contribution in [-0.4, -0.2) is 61.8 Å². The zero-order valence-electron chi connectivity index (χ0n) is 17.1. The molecule has 0 amide bonds. The van der Waals surface area contributed by atoms with Gasteiger partial charge in [-0.15, -0.1) is 0 Å². The first-order valence-corrected chi connectivity index (χ1v) is 9.36. The quantitative estimate of drug-likeness (QED) is 0.612. The van der Waals surface area contributed by atoms with E-state index in [9.17, 15) is 20.1 Å². The fourth-order valence-electron chi connectivity index (χ4n) is 4.15. The van der Waals surface area contributed by atoms with Gasteiger partial charge in [-0.2, -0.15) is 0 Å². The minimum Gasteiger partial charge on any atom is -0.493 e. The molecule has 31 heavy (non-hydrogen) atoms. The molecule has 0 saturated heterocycles. The van der Waals surface area contributed by atoms with Crippen LogP contribution in [0.4, 0.5) is 0 Å². The molecule has 0 spiro atoms. The van der Waals surface area contributed by atoms with Gasteiger partial charge in [0.1, 0.15) is 18.3 Å². The number of aliphatic hydroxyl groups is 2. The van der Waals surface area contributed by atoms with Crippen LogP contribution in [0.3, 0.4) is 0 Å². The Bertz CT molecular complexity index is 1020. The highest BCUT2D eigenvalue weighted by Gasteiger charge is 2.55. The maximum absolute atomic E-state index is 12.3. The Morgan fingerprint density at radius 1 is 1.03 bits per heavy atom. The van der Waals surface area contributed by atoms with E-state index < -0.39 is 30.2 Å². The van der Waals surface area contributed by atoms with Crippen LogP contribution in [0.25, 0.3) is 0 Å². The molecule has 0 aromatic heterocycles. The van der Waals surface area contributed by atoms with Crippen LogP contribution < -0.4 is 28.4 Å². The molecule has 2 heterocycles. The smallest absolute Gasteiger partial charge is 0.314 e. The molecule has 10 heteroatoms. The monoisotopic (exact) mass is 434 g/mol. The van der Waals surface area contributed by atoms with Crippen molar-refractivity contribution in [3.05, 3.63) is 35.4 Å². The lowest BCUT2D eigenvalue weighted by Gasteiger charge is -2.42. The van der Waals surface area contributed by atoms with Crippen molar-refractivity contribution < 1.29 is 48.5 Å². The molecule has 166 valence electrons. The van der Waals surface area contributed by atoms with Gasteiger partial charge in [-0.1, -0.05) is 6.07 Å². The third-order valence-corrected chi connectivity index (χ3v) is 5.51. The lowest BCUT2D eigenvalue weighted by molar-refractivity contribution is -0.220. The number of benzene rings is 2. The summed E-state index contributed by atoms with van der Waals surface area (Å²) in [4.78, 5) is 12.3. The first-order chi connectivity index (χ1) is 14.9. The van der Waals surface area contributed by atoms with Crippen LogP contribution >= 0.6 is 0 Å². The molecule has 0 unspecified atom stereocenters. The van der Waals surface area contributed by atoms with Gasteiger partial charge in [0.05, 0.1) is 21.3 Å². The summed E-state index contributed by atoms with van der Waals surface area (Å²) >= 11 is 0. The highest BCUT2D eigenvalue weighted by atomic mass is 16.7. The van der Waals surface area contributed by atoms with Crippen LogP contribution in [0.2, 0.25) is 0 Å². The fraction of sp³-hybridized carbons (Fsp3) is 0.381. The normalized spacial score (nSPS) is 23.5. The summed E-state index contributed by atoms with van der Waals surface area (Å²) in [6, 6.07) is 6.33. The van der Waals surface area contributed by atoms with Crippen LogP contribution in [0.15, 0.2) is 24.3 Å². The summed E-state index contributed by atoms with van der Waals surface area (Å²) in [5, 5.41) is 30.9.